The molecule has 1 aromatic carbocycles. The average Bonchev–Trinajstić information content (AvgIpc) is 3.31. The molecule has 2 aliphatic rings. The van der Waals surface area contributed by atoms with Crippen molar-refractivity contribution in [2.45, 2.75) is 32.0 Å². The van der Waals surface area contributed by atoms with Crippen LogP contribution >= 0.6 is 11.6 Å². The molecule has 1 fully saturated rings. The molecule has 2 amide bonds. The fourth-order valence-corrected chi connectivity index (χ4v) is 4.72. The number of amidine groups is 1. The third kappa shape index (κ3) is 7.27. The van der Waals surface area contributed by atoms with Gasteiger partial charge >= 0.3 is 6.61 Å². The zero-order valence-electron chi connectivity index (χ0n) is 22.4. The maximum absolute atomic E-state index is 13.3. The first-order valence-electron chi connectivity index (χ1n) is 12.7. The number of alkyl halides is 2. The molecule has 2 aromatic rings. The lowest BCUT2D eigenvalue weighted by Gasteiger charge is -2.35. The molecule has 0 radical (unpaired) electrons. The molecule has 218 valence electrons. The Bertz CT molecular complexity index is 1410. The quantitative estimate of drug-likeness (QED) is 0.199. The van der Waals surface area contributed by atoms with Crippen molar-refractivity contribution >= 4 is 41.2 Å². The Morgan fingerprint density at radius 1 is 1.32 bits per heavy atom. The van der Waals surface area contributed by atoms with Crippen LogP contribution in [0.5, 0.6) is 5.75 Å². The highest BCUT2D eigenvalue weighted by Crippen LogP contribution is 2.37. The van der Waals surface area contributed by atoms with Gasteiger partial charge in [-0.25, -0.2) is 4.99 Å². The SMILES string of the molecule is CN(C)C1CCN(C(=O)Cn2cc(NC(=O)/C(C(=N)N)=C3\N=CC=CN3)c(-c3cc(Cl)ccc3OC(F)F)n2)CC1. The van der Waals surface area contributed by atoms with Gasteiger partial charge in [0.15, 0.2) is 0 Å². The van der Waals surface area contributed by atoms with Crippen molar-refractivity contribution in [3.8, 4) is 17.0 Å². The zero-order chi connectivity index (χ0) is 29.7. The molecule has 1 saturated heterocycles. The monoisotopic (exact) mass is 589 g/mol. The summed E-state index contributed by atoms with van der Waals surface area (Å²) in [5.41, 5.74) is 5.54. The summed E-state index contributed by atoms with van der Waals surface area (Å²) in [6, 6.07) is 4.37. The van der Waals surface area contributed by atoms with Gasteiger partial charge in [0.25, 0.3) is 5.91 Å². The lowest BCUT2D eigenvalue weighted by atomic mass is 10.0. The molecule has 12 nitrogen and oxygen atoms in total. The summed E-state index contributed by atoms with van der Waals surface area (Å²) < 4.78 is 32.4. The number of rotatable bonds is 9. The number of hydrogen-bond donors (Lipinski definition) is 4. The average molecular weight is 590 g/mol. The van der Waals surface area contributed by atoms with Crippen LogP contribution < -0.4 is 21.1 Å². The Hall–Kier alpha value is -4.30. The van der Waals surface area contributed by atoms with Crippen molar-refractivity contribution in [2.24, 2.45) is 10.7 Å². The highest BCUT2D eigenvalue weighted by Gasteiger charge is 2.27. The van der Waals surface area contributed by atoms with Gasteiger partial charge in [-0.05, 0) is 51.2 Å². The van der Waals surface area contributed by atoms with E-state index in [-0.39, 0.29) is 51.6 Å². The Balaban J connectivity index is 1.68. The third-order valence-corrected chi connectivity index (χ3v) is 6.84. The first kappa shape index (κ1) is 29.7. The molecule has 0 atom stereocenters. The smallest absolute Gasteiger partial charge is 0.387 e. The molecule has 0 spiro atoms. The Morgan fingerprint density at radius 3 is 2.66 bits per heavy atom. The number of allylic oxidation sites excluding steroid dienone is 1. The van der Waals surface area contributed by atoms with Gasteiger partial charge in [0.2, 0.25) is 5.91 Å². The van der Waals surface area contributed by atoms with Crippen molar-refractivity contribution in [1.82, 2.24) is 24.9 Å². The number of likely N-dealkylation sites (tertiary alicyclic amines) is 1. The molecule has 5 N–H and O–H groups in total. The first-order chi connectivity index (χ1) is 19.5. The van der Waals surface area contributed by atoms with Crippen molar-refractivity contribution in [3.63, 3.8) is 0 Å². The fourth-order valence-electron chi connectivity index (χ4n) is 4.55. The summed E-state index contributed by atoms with van der Waals surface area (Å²) in [5, 5.41) is 17.9. The second kappa shape index (κ2) is 12.9. The number of nitrogens with two attached hydrogens (primary N) is 1. The van der Waals surface area contributed by atoms with Gasteiger partial charge in [-0.1, -0.05) is 11.6 Å². The van der Waals surface area contributed by atoms with Gasteiger partial charge in [-0.15, -0.1) is 0 Å². The van der Waals surface area contributed by atoms with Gasteiger partial charge in [0.05, 0.1) is 5.69 Å². The summed E-state index contributed by atoms with van der Waals surface area (Å²) in [7, 11) is 4.01. The van der Waals surface area contributed by atoms with E-state index in [1.807, 2.05) is 14.1 Å². The van der Waals surface area contributed by atoms with Crippen molar-refractivity contribution < 1.29 is 23.1 Å². The molecule has 0 bridgehead atoms. The summed E-state index contributed by atoms with van der Waals surface area (Å²) in [4.78, 5) is 34.4. The second-order valence-corrected chi connectivity index (χ2v) is 9.99. The largest absolute Gasteiger partial charge is 0.434 e. The zero-order valence-corrected chi connectivity index (χ0v) is 23.2. The first-order valence-corrected chi connectivity index (χ1v) is 13.0. The van der Waals surface area contributed by atoms with Crippen LogP contribution in [-0.2, 0) is 16.1 Å². The number of amides is 2. The maximum Gasteiger partial charge on any atom is 0.387 e. The highest BCUT2D eigenvalue weighted by molar-refractivity contribution is 6.31. The van der Waals surface area contributed by atoms with E-state index in [1.54, 1.807) is 11.0 Å². The van der Waals surface area contributed by atoms with Gasteiger partial charge in [0, 0.05) is 48.3 Å². The van der Waals surface area contributed by atoms with Gasteiger partial charge in [0.1, 0.15) is 35.2 Å². The van der Waals surface area contributed by atoms with E-state index >= 15 is 0 Å². The normalized spacial score (nSPS) is 16.6. The molecule has 0 unspecified atom stereocenters. The van der Waals surface area contributed by atoms with E-state index in [0.29, 0.717) is 19.1 Å². The van der Waals surface area contributed by atoms with E-state index in [9.17, 15) is 18.4 Å². The molecule has 1 aromatic heterocycles. The van der Waals surface area contributed by atoms with Crippen LogP contribution in [0.25, 0.3) is 11.3 Å². The minimum Gasteiger partial charge on any atom is -0.434 e. The maximum atomic E-state index is 13.3. The minimum absolute atomic E-state index is 0.0171. The lowest BCUT2D eigenvalue weighted by molar-refractivity contribution is -0.133. The predicted octanol–water partition coefficient (Wildman–Crippen LogP) is 2.63. The molecular formula is C26H30ClF2N9O3. The summed E-state index contributed by atoms with van der Waals surface area (Å²) in [6.45, 7) is -2.15. The molecule has 15 heteroatoms. The van der Waals surface area contributed by atoms with Gasteiger partial charge < -0.3 is 30.9 Å². The van der Waals surface area contributed by atoms with E-state index in [2.05, 4.69) is 30.4 Å². The summed E-state index contributed by atoms with van der Waals surface area (Å²) >= 11 is 6.17. The molecule has 3 heterocycles. The van der Waals surface area contributed by atoms with Gasteiger partial charge in [-0.2, -0.15) is 13.9 Å². The van der Waals surface area contributed by atoms with Crippen LogP contribution in [0.15, 0.2) is 53.1 Å². The molecule has 0 aliphatic carbocycles. The molecule has 2 aliphatic heterocycles. The predicted molar refractivity (Wildman–Crippen MR) is 151 cm³/mol. The third-order valence-electron chi connectivity index (χ3n) is 6.61. The lowest BCUT2D eigenvalue weighted by Crippen LogP contribution is -2.45. The number of carbonyl (C=O) groups excluding carboxylic acids is 2. The number of hydrogen-bond acceptors (Lipinski definition) is 8. The number of halogens is 3. The molecule has 0 saturated carbocycles. The van der Waals surface area contributed by atoms with E-state index < -0.39 is 18.4 Å². The van der Waals surface area contributed by atoms with Crippen LogP contribution in [-0.4, -0.2) is 83.3 Å². The van der Waals surface area contributed by atoms with Crippen LogP contribution in [0, 0.1) is 5.41 Å². The van der Waals surface area contributed by atoms with Crippen LogP contribution in [0.2, 0.25) is 5.02 Å². The standard InChI is InChI=1S/C26H30ClF2N9O3/c1-36(2)16-6-10-37(11-7-16)20(39)14-38-13-18(34-25(40)21(23(30)31)24-32-8-3-9-33-24)22(35-38)17-12-15(27)4-5-19(17)41-26(28)29/h3-5,8-9,12-13,16,26,32H,6-7,10-11,14H2,1-2H3,(H3,30,31)(H,34,40)/b24-21-. The second-order valence-electron chi connectivity index (χ2n) is 9.56. The fraction of sp³-hybridized carbons (Fsp3) is 0.346. The minimum atomic E-state index is -3.14. The molecule has 41 heavy (non-hydrogen) atoms. The number of anilines is 1. The van der Waals surface area contributed by atoms with Crippen molar-refractivity contribution in [2.75, 3.05) is 32.5 Å². The number of carbonyl (C=O) groups is 2. The number of aromatic nitrogens is 2. The number of piperidine rings is 1. The molecular weight excluding hydrogens is 560 g/mol. The highest BCUT2D eigenvalue weighted by atomic mass is 35.5. The number of nitrogens with one attached hydrogen (secondary N) is 3. The van der Waals surface area contributed by atoms with E-state index in [4.69, 9.17) is 22.7 Å². The summed E-state index contributed by atoms with van der Waals surface area (Å²) in [5.74, 6) is -1.78. The topological polar surface area (TPSA) is 154 Å². The van der Waals surface area contributed by atoms with E-state index in [1.165, 1.54) is 41.5 Å². The number of aliphatic imine (C=N–C) groups is 1. The van der Waals surface area contributed by atoms with Crippen molar-refractivity contribution in [3.05, 3.63) is 53.1 Å². The van der Waals surface area contributed by atoms with Crippen LogP contribution in [0.3, 0.4) is 0 Å². The number of benzene rings is 1. The summed E-state index contributed by atoms with van der Waals surface area (Å²) in [6.07, 6.45) is 7.56. The van der Waals surface area contributed by atoms with E-state index in [0.717, 1.165) is 12.8 Å². The van der Waals surface area contributed by atoms with Crippen LogP contribution in [0.4, 0.5) is 14.5 Å². The Morgan fingerprint density at radius 2 is 2.05 bits per heavy atom. The number of nitrogens with zero attached hydrogens (tertiary/aromatic N) is 5. The van der Waals surface area contributed by atoms with Gasteiger partial charge in [-0.3, -0.25) is 19.7 Å². The number of ether oxygens (including phenoxy) is 1. The Labute approximate surface area is 240 Å². The molecule has 4 rings (SSSR count). The van der Waals surface area contributed by atoms with Crippen LogP contribution in [0.1, 0.15) is 12.8 Å². The Kier molecular flexibility index (Phi) is 9.35. The van der Waals surface area contributed by atoms with Crippen molar-refractivity contribution in [1.29, 1.82) is 5.41 Å².